The molecule has 14 heavy (non-hydrogen) atoms. The van der Waals surface area contributed by atoms with Crippen molar-refractivity contribution in [3.05, 3.63) is 15.0 Å². The predicted molar refractivity (Wildman–Crippen MR) is 61.3 cm³/mol. The van der Waals surface area contributed by atoms with Gasteiger partial charge in [-0.3, -0.25) is 0 Å². The molecule has 1 unspecified atom stereocenters. The van der Waals surface area contributed by atoms with Gasteiger partial charge in [0.1, 0.15) is 10.2 Å². The lowest BCUT2D eigenvalue weighted by molar-refractivity contribution is 0.0366. The molecule has 1 atom stereocenters. The van der Waals surface area contributed by atoms with Crippen LogP contribution in [0.3, 0.4) is 0 Å². The number of nitrogens with zero attached hydrogens (tertiary/aromatic N) is 1. The molecule has 0 spiro atoms. The molecule has 1 fully saturated rings. The lowest BCUT2D eigenvalue weighted by Crippen LogP contribution is -2.22. The Kier molecular flexibility index (Phi) is 2.48. The van der Waals surface area contributed by atoms with Crippen LogP contribution in [0.2, 0.25) is 0 Å². The van der Waals surface area contributed by atoms with Crippen LogP contribution in [-0.2, 0) is 5.60 Å². The molecule has 0 bridgehead atoms. The molecule has 1 aromatic rings. The number of rotatable bonds is 1. The maximum absolute atomic E-state index is 10.5. The molecule has 2 rings (SSSR count). The zero-order valence-corrected chi connectivity index (χ0v) is 10.8. The van der Waals surface area contributed by atoms with E-state index in [-0.39, 0.29) is 5.41 Å². The van der Waals surface area contributed by atoms with Gasteiger partial charge >= 0.3 is 0 Å². The van der Waals surface area contributed by atoms with E-state index in [1.165, 1.54) is 11.3 Å². The highest BCUT2D eigenvalue weighted by molar-refractivity contribution is 9.10. The van der Waals surface area contributed by atoms with Crippen LogP contribution >= 0.6 is 27.3 Å². The van der Waals surface area contributed by atoms with Crippen LogP contribution in [0.1, 0.15) is 38.0 Å². The van der Waals surface area contributed by atoms with Crippen molar-refractivity contribution in [2.24, 2.45) is 5.41 Å². The third kappa shape index (κ3) is 1.75. The highest BCUT2D eigenvalue weighted by atomic mass is 79.9. The normalized spacial score (nSPS) is 30.9. The van der Waals surface area contributed by atoms with Crippen molar-refractivity contribution < 1.29 is 5.11 Å². The summed E-state index contributed by atoms with van der Waals surface area (Å²) in [5.41, 5.74) is 1.38. The van der Waals surface area contributed by atoms with E-state index in [1.54, 1.807) is 5.51 Å². The summed E-state index contributed by atoms with van der Waals surface area (Å²) in [6, 6.07) is 0. The summed E-state index contributed by atoms with van der Waals surface area (Å²) in [4.78, 5) is 5.12. The fourth-order valence-electron chi connectivity index (χ4n) is 2.24. The van der Waals surface area contributed by atoms with E-state index in [0.717, 1.165) is 28.7 Å². The fourth-order valence-corrected chi connectivity index (χ4v) is 3.94. The van der Waals surface area contributed by atoms with Gasteiger partial charge in [-0.1, -0.05) is 13.8 Å². The Balaban J connectivity index is 2.32. The number of hydrogen-bond donors (Lipinski definition) is 1. The molecule has 1 aliphatic rings. The second kappa shape index (κ2) is 3.29. The number of thiazole rings is 1. The average molecular weight is 276 g/mol. The number of aliphatic hydroxyl groups is 1. The molecule has 1 aromatic heterocycles. The Labute approximate surface area is 96.5 Å². The van der Waals surface area contributed by atoms with Crippen LogP contribution in [0.25, 0.3) is 0 Å². The molecule has 0 aliphatic heterocycles. The standard InChI is InChI=1S/C10H14BrNOS/c1-9(2)3-4-10(13,5-9)7-8(11)12-6-14-7/h6,13H,3-5H2,1-2H3. The van der Waals surface area contributed by atoms with Gasteiger partial charge in [0.2, 0.25) is 0 Å². The second-order valence-electron chi connectivity index (χ2n) is 4.84. The van der Waals surface area contributed by atoms with Gasteiger partial charge in [-0.05, 0) is 40.6 Å². The lowest BCUT2D eigenvalue weighted by atomic mass is 9.89. The van der Waals surface area contributed by atoms with Gasteiger partial charge in [0.05, 0.1) is 10.4 Å². The Morgan fingerprint density at radius 1 is 1.50 bits per heavy atom. The maximum Gasteiger partial charge on any atom is 0.123 e. The molecule has 0 aromatic carbocycles. The first kappa shape index (κ1) is 10.6. The van der Waals surface area contributed by atoms with Gasteiger partial charge < -0.3 is 5.11 Å². The summed E-state index contributed by atoms with van der Waals surface area (Å²) in [6.45, 7) is 4.42. The van der Waals surface area contributed by atoms with E-state index in [2.05, 4.69) is 34.8 Å². The van der Waals surface area contributed by atoms with E-state index in [9.17, 15) is 5.11 Å². The van der Waals surface area contributed by atoms with Gasteiger partial charge in [-0.2, -0.15) is 0 Å². The average Bonchev–Trinajstić information content (AvgIpc) is 2.57. The van der Waals surface area contributed by atoms with Gasteiger partial charge in [-0.15, -0.1) is 11.3 Å². The van der Waals surface area contributed by atoms with Crippen LogP contribution in [0.5, 0.6) is 0 Å². The number of halogens is 1. The minimum absolute atomic E-state index is 0.248. The third-order valence-electron chi connectivity index (χ3n) is 2.93. The molecule has 0 radical (unpaired) electrons. The number of hydrogen-bond acceptors (Lipinski definition) is 3. The minimum atomic E-state index is -0.649. The molecular weight excluding hydrogens is 262 g/mol. The highest BCUT2D eigenvalue weighted by Gasteiger charge is 2.44. The van der Waals surface area contributed by atoms with E-state index in [1.807, 2.05) is 0 Å². The quantitative estimate of drug-likeness (QED) is 0.853. The lowest BCUT2D eigenvalue weighted by Gasteiger charge is -2.24. The maximum atomic E-state index is 10.5. The molecule has 0 saturated heterocycles. The molecule has 1 N–H and O–H groups in total. The molecule has 78 valence electrons. The smallest absolute Gasteiger partial charge is 0.123 e. The van der Waals surface area contributed by atoms with Crippen molar-refractivity contribution >= 4 is 27.3 Å². The summed E-state index contributed by atoms with van der Waals surface area (Å²) >= 11 is 4.93. The van der Waals surface area contributed by atoms with E-state index < -0.39 is 5.60 Å². The second-order valence-corrected chi connectivity index (χ2v) is 6.45. The van der Waals surface area contributed by atoms with Gasteiger partial charge in [0.15, 0.2) is 0 Å². The fraction of sp³-hybridized carbons (Fsp3) is 0.700. The third-order valence-corrected chi connectivity index (χ3v) is 4.82. The molecule has 1 saturated carbocycles. The van der Waals surface area contributed by atoms with Crippen molar-refractivity contribution in [3.63, 3.8) is 0 Å². The zero-order valence-electron chi connectivity index (χ0n) is 8.38. The zero-order chi connectivity index (χ0) is 10.4. The largest absolute Gasteiger partial charge is 0.384 e. The Morgan fingerprint density at radius 3 is 2.64 bits per heavy atom. The molecule has 1 heterocycles. The van der Waals surface area contributed by atoms with Crippen LogP contribution in [-0.4, -0.2) is 10.1 Å². The Hall–Kier alpha value is 0.0700. The Bertz CT molecular complexity index is 350. The molecule has 0 amide bonds. The van der Waals surface area contributed by atoms with E-state index in [0.29, 0.717) is 0 Å². The minimum Gasteiger partial charge on any atom is -0.384 e. The van der Waals surface area contributed by atoms with Crippen molar-refractivity contribution in [2.75, 3.05) is 0 Å². The first-order valence-electron chi connectivity index (χ1n) is 4.75. The summed E-state index contributed by atoms with van der Waals surface area (Å²) in [6.07, 6.45) is 2.76. The molecule has 2 nitrogen and oxygen atoms in total. The monoisotopic (exact) mass is 275 g/mol. The van der Waals surface area contributed by atoms with Crippen molar-refractivity contribution in [3.8, 4) is 0 Å². The van der Waals surface area contributed by atoms with Crippen molar-refractivity contribution in [1.82, 2.24) is 4.98 Å². The molecule has 1 aliphatic carbocycles. The van der Waals surface area contributed by atoms with Crippen molar-refractivity contribution in [1.29, 1.82) is 0 Å². The molecular formula is C10H14BrNOS. The van der Waals surface area contributed by atoms with E-state index in [4.69, 9.17) is 0 Å². The first-order valence-corrected chi connectivity index (χ1v) is 6.42. The highest BCUT2D eigenvalue weighted by Crippen LogP contribution is 2.51. The first-order chi connectivity index (χ1) is 6.43. The van der Waals surface area contributed by atoms with Gasteiger partial charge in [-0.25, -0.2) is 4.98 Å². The molecule has 4 heteroatoms. The van der Waals surface area contributed by atoms with Crippen molar-refractivity contribution in [2.45, 2.75) is 38.7 Å². The predicted octanol–water partition coefficient (Wildman–Crippen LogP) is 3.30. The SMILES string of the molecule is CC1(C)CCC(O)(c2scnc2Br)C1. The van der Waals surface area contributed by atoms with Crippen LogP contribution in [0, 0.1) is 5.41 Å². The van der Waals surface area contributed by atoms with Crippen LogP contribution in [0.4, 0.5) is 0 Å². The van der Waals surface area contributed by atoms with Crippen LogP contribution in [0.15, 0.2) is 10.1 Å². The topological polar surface area (TPSA) is 33.1 Å². The van der Waals surface area contributed by atoms with E-state index >= 15 is 0 Å². The van der Waals surface area contributed by atoms with Gasteiger partial charge in [0, 0.05) is 0 Å². The summed E-state index contributed by atoms with van der Waals surface area (Å²) in [5.74, 6) is 0. The number of aromatic nitrogens is 1. The van der Waals surface area contributed by atoms with Crippen LogP contribution < -0.4 is 0 Å². The summed E-state index contributed by atoms with van der Waals surface area (Å²) in [5, 5.41) is 10.5. The Morgan fingerprint density at radius 2 is 2.21 bits per heavy atom. The summed E-state index contributed by atoms with van der Waals surface area (Å²) < 4.78 is 0.808. The summed E-state index contributed by atoms with van der Waals surface area (Å²) in [7, 11) is 0. The van der Waals surface area contributed by atoms with Gasteiger partial charge in [0.25, 0.3) is 0 Å².